The van der Waals surface area contributed by atoms with Crippen molar-refractivity contribution in [2.75, 3.05) is 18.9 Å². The fourth-order valence-electron chi connectivity index (χ4n) is 2.55. The number of aryl methyl sites for hydroxylation is 2. The molecule has 0 aliphatic heterocycles. The zero-order valence-corrected chi connectivity index (χ0v) is 15.3. The van der Waals surface area contributed by atoms with Gasteiger partial charge in [0.15, 0.2) is 0 Å². The molecular formula is C20H25N3O2. The summed E-state index contributed by atoms with van der Waals surface area (Å²) >= 11 is 0. The van der Waals surface area contributed by atoms with Crippen LogP contribution in [0.4, 0.5) is 5.69 Å². The van der Waals surface area contributed by atoms with Crippen LogP contribution in [0.2, 0.25) is 0 Å². The largest absolute Gasteiger partial charge is 0.342 e. The highest BCUT2D eigenvalue weighted by molar-refractivity contribution is 6.06. The highest BCUT2D eigenvalue weighted by Crippen LogP contribution is 2.17. The number of nitrogens with zero attached hydrogens (tertiary/aromatic N) is 2. The van der Waals surface area contributed by atoms with E-state index in [4.69, 9.17) is 0 Å². The van der Waals surface area contributed by atoms with Gasteiger partial charge in [0.25, 0.3) is 11.8 Å². The summed E-state index contributed by atoms with van der Waals surface area (Å²) < 4.78 is 0. The number of aromatic nitrogens is 1. The standard InChI is InChI=1S/C20H25N3O2/c1-5-6-9-23(4)20(25)17-11-16(12-21-13-17)19(24)22-18-8-7-14(2)10-15(18)3/h7-8,10-13H,5-6,9H2,1-4H3,(H,22,24). The van der Waals surface area contributed by atoms with Gasteiger partial charge in [-0.05, 0) is 38.0 Å². The molecule has 0 unspecified atom stereocenters. The van der Waals surface area contributed by atoms with E-state index in [-0.39, 0.29) is 11.8 Å². The van der Waals surface area contributed by atoms with Crippen LogP contribution in [0, 0.1) is 13.8 Å². The average Bonchev–Trinajstić information content (AvgIpc) is 2.61. The number of hydrogen-bond donors (Lipinski definition) is 1. The Morgan fingerprint density at radius 1 is 1.12 bits per heavy atom. The fourth-order valence-corrected chi connectivity index (χ4v) is 2.55. The molecule has 5 heteroatoms. The first-order valence-electron chi connectivity index (χ1n) is 8.51. The highest BCUT2D eigenvalue weighted by Gasteiger charge is 2.15. The maximum atomic E-state index is 12.5. The van der Waals surface area contributed by atoms with Gasteiger partial charge in [-0.25, -0.2) is 0 Å². The van der Waals surface area contributed by atoms with Gasteiger partial charge < -0.3 is 10.2 Å². The minimum absolute atomic E-state index is 0.123. The van der Waals surface area contributed by atoms with Gasteiger partial charge in [-0.15, -0.1) is 0 Å². The Labute approximate surface area is 149 Å². The number of carbonyl (C=O) groups excluding carboxylic acids is 2. The predicted octanol–water partition coefficient (Wildman–Crippen LogP) is 3.82. The molecule has 1 aromatic carbocycles. The zero-order chi connectivity index (χ0) is 18.4. The second-order valence-electron chi connectivity index (χ2n) is 6.32. The SMILES string of the molecule is CCCCN(C)C(=O)c1cncc(C(=O)Nc2ccc(C)cc2C)c1. The lowest BCUT2D eigenvalue weighted by Gasteiger charge is -2.17. The van der Waals surface area contributed by atoms with Crippen LogP contribution in [0.25, 0.3) is 0 Å². The first-order valence-corrected chi connectivity index (χ1v) is 8.51. The van der Waals surface area contributed by atoms with E-state index in [0.29, 0.717) is 17.7 Å². The van der Waals surface area contributed by atoms with E-state index in [2.05, 4.69) is 17.2 Å². The molecule has 0 fully saturated rings. The van der Waals surface area contributed by atoms with Gasteiger partial charge >= 0.3 is 0 Å². The average molecular weight is 339 g/mol. The Kier molecular flexibility index (Phi) is 6.28. The Morgan fingerprint density at radius 2 is 1.84 bits per heavy atom. The van der Waals surface area contributed by atoms with Gasteiger partial charge in [-0.1, -0.05) is 31.0 Å². The van der Waals surface area contributed by atoms with Crippen molar-refractivity contribution in [3.8, 4) is 0 Å². The van der Waals surface area contributed by atoms with Crippen molar-refractivity contribution in [1.82, 2.24) is 9.88 Å². The molecule has 132 valence electrons. The van der Waals surface area contributed by atoms with Gasteiger partial charge in [0, 0.05) is 31.7 Å². The monoisotopic (exact) mass is 339 g/mol. The third-order valence-electron chi connectivity index (χ3n) is 4.07. The molecule has 5 nitrogen and oxygen atoms in total. The van der Waals surface area contributed by atoms with Crippen LogP contribution in [0.1, 0.15) is 51.6 Å². The molecule has 2 amide bonds. The lowest BCUT2D eigenvalue weighted by molar-refractivity contribution is 0.0793. The van der Waals surface area contributed by atoms with Crippen molar-refractivity contribution in [3.05, 3.63) is 58.9 Å². The summed E-state index contributed by atoms with van der Waals surface area (Å²) in [5.74, 6) is -0.396. The van der Waals surface area contributed by atoms with Gasteiger partial charge in [-0.3, -0.25) is 14.6 Å². The Morgan fingerprint density at radius 3 is 2.52 bits per heavy atom. The molecule has 2 rings (SSSR count). The summed E-state index contributed by atoms with van der Waals surface area (Å²) in [6.45, 7) is 6.72. The number of unbranched alkanes of at least 4 members (excludes halogenated alkanes) is 1. The van der Waals surface area contributed by atoms with E-state index in [1.165, 1.54) is 12.4 Å². The normalized spacial score (nSPS) is 10.4. The summed E-state index contributed by atoms with van der Waals surface area (Å²) in [4.78, 5) is 30.6. The number of pyridine rings is 1. The van der Waals surface area contributed by atoms with Gasteiger partial charge in [-0.2, -0.15) is 0 Å². The van der Waals surface area contributed by atoms with Gasteiger partial charge in [0.05, 0.1) is 11.1 Å². The van der Waals surface area contributed by atoms with Crippen LogP contribution in [-0.4, -0.2) is 35.3 Å². The number of benzene rings is 1. The molecule has 2 aromatic rings. The second-order valence-corrected chi connectivity index (χ2v) is 6.32. The van der Waals surface area contributed by atoms with Crippen LogP contribution in [-0.2, 0) is 0 Å². The smallest absolute Gasteiger partial charge is 0.257 e. The fraction of sp³-hybridized carbons (Fsp3) is 0.350. The maximum absolute atomic E-state index is 12.5. The summed E-state index contributed by atoms with van der Waals surface area (Å²) in [5, 5.41) is 2.88. The molecule has 1 heterocycles. The van der Waals surface area contributed by atoms with E-state index in [9.17, 15) is 9.59 Å². The molecular weight excluding hydrogens is 314 g/mol. The quantitative estimate of drug-likeness (QED) is 0.870. The summed E-state index contributed by atoms with van der Waals surface area (Å²) in [5.41, 5.74) is 3.68. The van der Waals surface area contributed by atoms with Crippen molar-refractivity contribution in [3.63, 3.8) is 0 Å². The lowest BCUT2D eigenvalue weighted by Crippen LogP contribution is -2.28. The molecule has 1 N–H and O–H groups in total. The summed E-state index contributed by atoms with van der Waals surface area (Å²) in [6, 6.07) is 7.43. The Bertz CT molecular complexity index is 771. The first-order chi connectivity index (χ1) is 11.9. The lowest BCUT2D eigenvalue weighted by atomic mass is 10.1. The molecule has 0 bridgehead atoms. The molecule has 0 radical (unpaired) electrons. The van der Waals surface area contributed by atoms with E-state index >= 15 is 0 Å². The van der Waals surface area contributed by atoms with E-state index in [0.717, 1.165) is 29.7 Å². The summed E-state index contributed by atoms with van der Waals surface area (Å²) in [6.07, 6.45) is 4.94. The van der Waals surface area contributed by atoms with Crippen molar-refractivity contribution >= 4 is 17.5 Å². The van der Waals surface area contributed by atoms with Crippen LogP contribution in [0.3, 0.4) is 0 Å². The van der Waals surface area contributed by atoms with Crippen LogP contribution >= 0.6 is 0 Å². The Hall–Kier alpha value is -2.69. The van der Waals surface area contributed by atoms with E-state index in [1.54, 1.807) is 18.0 Å². The summed E-state index contributed by atoms with van der Waals surface area (Å²) in [7, 11) is 1.76. The number of amides is 2. The molecule has 0 spiro atoms. The number of rotatable bonds is 6. The van der Waals surface area contributed by atoms with Crippen molar-refractivity contribution in [2.24, 2.45) is 0 Å². The molecule has 1 aromatic heterocycles. The number of anilines is 1. The minimum Gasteiger partial charge on any atom is -0.342 e. The molecule has 0 saturated heterocycles. The third kappa shape index (κ3) is 4.89. The number of carbonyl (C=O) groups is 2. The predicted molar refractivity (Wildman–Crippen MR) is 100.0 cm³/mol. The highest BCUT2D eigenvalue weighted by atomic mass is 16.2. The van der Waals surface area contributed by atoms with Crippen molar-refractivity contribution < 1.29 is 9.59 Å². The second kappa shape index (κ2) is 8.42. The van der Waals surface area contributed by atoms with Gasteiger partial charge in [0.2, 0.25) is 0 Å². The zero-order valence-electron chi connectivity index (χ0n) is 15.3. The molecule has 25 heavy (non-hydrogen) atoms. The first kappa shape index (κ1) is 18.6. The third-order valence-corrected chi connectivity index (χ3v) is 4.07. The van der Waals surface area contributed by atoms with E-state index in [1.807, 2.05) is 32.0 Å². The number of nitrogens with one attached hydrogen (secondary N) is 1. The minimum atomic E-state index is -0.273. The van der Waals surface area contributed by atoms with Crippen molar-refractivity contribution in [1.29, 1.82) is 0 Å². The molecule has 0 saturated carbocycles. The maximum Gasteiger partial charge on any atom is 0.257 e. The molecule has 0 aliphatic rings. The van der Waals surface area contributed by atoms with Crippen LogP contribution < -0.4 is 5.32 Å². The number of hydrogen-bond acceptors (Lipinski definition) is 3. The molecule has 0 atom stereocenters. The Balaban J connectivity index is 2.14. The van der Waals surface area contributed by atoms with Crippen LogP contribution in [0.15, 0.2) is 36.7 Å². The van der Waals surface area contributed by atoms with Crippen molar-refractivity contribution in [2.45, 2.75) is 33.6 Å². The topological polar surface area (TPSA) is 62.3 Å². The van der Waals surface area contributed by atoms with Crippen LogP contribution in [0.5, 0.6) is 0 Å². The van der Waals surface area contributed by atoms with Gasteiger partial charge in [0.1, 0.15) is 0 Å². The molecule has 0 aliphatic carbocycles. The van der Waals surface area contributed by atoms with E-state index < -0.39 is 0 Å².